The summed E-state index contributed by atoms with van der Waals surface area (Å²) in [6.07, 6.45) is 86.3. The third-order valence-corrected chi connectivity index (χ3v) is 15.0. The second kappa shape index (κ2) is 66.4. The van der Waals surface area contributed by atoms with Gasteiger partial charge in [-0.2, -0.15) is 0 Å². The minimum Gasteiger partial charge on any atom is -0.462 e. The van der Waals surface area contributed by atoms with Gasteiger partial charge in [0.05, 0.1) is 0 Å². The summed E-state index contributed by atoms with van der Waals surface area (Å²) in [4.78, 5) is 38.3. The summed E-state index contributed by atoms with van der Waals surface area (Å²) in [5, 5.41) is 0. The van der Waals surface area contributed by atoms with Crippen LogP contribution in [0.15, 0.2) is 72.9 Å². The molecule has 0 N–H and O–H groups in total. The first-order valence-electron chi connectivity index (χ1n) is 33.9. The van der Waals surface area contributed by atoms with Gasteiger partial charge in [-0.1, -0.05) is 331 Å². The summed E-state index contributed by atoms with van der Waals surface area (Å²) in [5.74, 6) is -0.849. The highest BCUT2D eigenvalue weighted by atomic mass is 16.6. The van der Waals surface area contributed by atoms with Crippen LogP contribution < -0.4 is 0 Å². The molecule has 0 aromatic heterocycles. The van der Waals surface area contributed by atoms with Gasteiger partial charge in [-0.05, 0) is 70.6 Å². The second-order valence-electron chi connectivity index (χ2n) is 22.7. The number of hydrogen-bond donors (Lipinski definition) is 0. The van der Waals surface area contributed by atoms with E-state index in [4.69, 9.17) is 14.2 Å². The molecule has 0 bridgehead atoms. The normalized spacial score (nSPS) is 12.5. The zero-order valence-electron chi connectivity index (χ0n) is 51.9. The van der Waals surface area contributed by atoms with Gasteiger partial charge >= 0.3 is 17.9 Å². The second-order valence-corrected chi connectivity index (χ2v) is 22.7. The number of carbonyl (C=O) groups excluding carboxylic acids is 3. The lowest BCUT2D eigenvalue weighted by Crippen LogP contribution is -2.30. The predicted molar refractivity (Wildman–Crippen MR) is 339 cm³/mol. The summed E-state index contributed by atoms with van der Waals surface area (Å²) in [6, 6.07) is 0. The Hall–Kier alpha value is -3.15. The van der Waals surface area contributed by atoms with E-state index in [0.717, 1.165) is 96.3 Å². The maximum atomic E-state index is 12.9. The van der Waals surface area contributed by atoms with E-state index >= 15 is 0 Å². The highest BCUT2D eigenvalue weighted by Crippen LogP contribution is 2.18. The SMILES string of the molecule is CC/C=C\C/C=C\C/C=C\C/C=C\C/C=C\C/C=C\CCCCCCCCCCCCCCC(=O)OCC(COC(=O)CCCCCCCCCCCCCCC)OC(=O)CCCCCCCCCCCCCCCCCC. The fourth-order valence-corrected chi connectivity index (χ4v) is 9.92. The quantitative estimate of drug-likeness (QED) is 0.0261. The Bertz CT molecular complexity index is 1440. The van der Waals surface area contributed by atoms with Crippen LogP contribution in [0.5, 0.6) is 0 Å². The van der Waals surface area contributed by atoms with Crippen molar-refractivity contribution in [1.82, 2.24) is 0 Å². The van der Waals surface area contributed by atoms with Gasteiger partial charge in [0.25, 0.3) is 0 Å². The van der Waals surface area contributed by atoms with Crippen LogP contribution in [0.4, 0.5) is 0 Å². The Morgan fingerprint density at radius 3 is 0.782 bits per heavy atom. The summed E-state index contributed by atoms with van der Waals surface area (Å²) in [7, 11) is 0. The third-order valence-electron chi connectivity index (χ3n) is 15.0. The first kappa shape index (κ1) is 74.8. The first-order chi connectivity index (χ1) is 38.5. The van der Waals surface area contributed by atoms with Crippen LogP contribution in [0, 0.1) is 0 Å². The van der Waals surface area contributed by atoms with Crippen molar-refractivity contribution in [1.29, 1.82) is 0 Å². The zero-order valence-corrected chi connectivity index (χ0v) is 51.9. The van der Waals surface area contributed by atoms with Crippen LogP contribution in [-0.2, 0) is 28.6 Å². The molecule has 6 nitrogen and oxygen atoms in total. The van der Waals surface area contributed by atoms with Crippen LogP contribution in [0.25, 0.3) is 0 Å². The number of carbonyl (C=O) groups is 3. The molecular formula is C72H128O6. The van der Waals surface area contributed by atoms with Gasteiger partial charge in [0, 0.05) is 19.3 Å². The monoisotopic (exact) mass is 1090 g/mol. The standard InChI is InChI=1S/C72H128O6/c1-4-7-10-13-16-19-22-25-27-29-30-31-32-33-34-35-36-37-38-39-40-41-42-43-45-47-50-53-56-59-62-65-71(74)77-68-69(67-76-70(73)64-61-58-55-52-49-46-24-21-18-15-12-9-6-3)78-72(75)66-63-60-57-54-51-48-44-28-26-23-20-17-14-11-8-5-2/h7,10,16,19,25,27,30-31,33-34,36-37,69H,4-6,8-9,11-15,17-18,20-24,26,28-29,32,35,38-68H2,1-3H3/b10-7-,19-16-,27-25-,31-30-,34-33-,37-36-. The van der Waals surface area contributed by atoms with Crippen molar-refractivity contribution in [2.24, 2.45) is 0 Å². The molecule has 78 heavy (non-hydrogen) atoms. The van der Waals surface area contributed by atoms with Crippen molar-refractivity contribution >= 4 is 17.9 Å². The van der Waals surface area contributed by atoms with E-state index in [1.807, 2.05) is 0 Å². The first-order valence-corrected chi connectivity index (χ1v) is 33.9. The number of unbranched alkanes of at least 4 members (excludes halogenated alkanes) is 39. The van der Waals surface area contributed by atoms with E-state index in [0.29, 0.717) is 19.3 Å². The zero-order chi connectivity index (χ0) is 56.4. The van der Waals surface area contributed by atoms with Crippen molar-refractivity contribution in [2.45, 2.75) is 354 Å². The molecular weight excluding hydrogens is 961 g/mol. The fraction of sp³-hybridized carbons (Fsp3) is 0.792. The molecule has 0 aliphatic rings. The van der Waals surface area contributed by atoms with Gasteiger partial charge < -0.3 is 14.2 Å². The van der Waals surface area contributed by atoms with Crippen LogP contribution in [0.3, 0.4) is 0 Å². The van der Waals surface area contributed by atoms with E-state index in [1.165, 1.54) is 212 Å². The van der Waals surface area contributed by atoms with Crippen LogP contribution in [0.1, 0.15) is 348 Å². The Balaban J connectivity index is 4.20. The van der Waals surface area contributed by atoms with Crippen molar-refractivity contribution in [3.05, 3.63) is 72.9 Å². The number of hydrogen-bond acceptors (Lipinski definition) is 6. The molecule has 0 radical (unpaired) electrons. The molecule has 6 heteroatoms. The minimum atomic E-state index is -0.772. The molecule has 0 saturated carbocycles. The number of allylic oxidation sites excluding steroid dienone is 12. The highest BCUT2D eigenvalue weighted by Gasteiger charge is 2.19. The van der Waals surface area contributed by atoms with E-state index in [1.54, 1.807) is 0 Å². The predicted octanol–water partition coefficient (Wildman–Crippen LogP) is 23.3. The van der Waals surface area contributed by atoms with Gasteiger partial charge in [0.1, 0.15) is 13.2 Å². The van der Waals surface area contributed by atoms with Crippen LogP contribution in [0.2, 0.25) is 0 Å². The van der Waals surface area contributed by atoms with Crippen molar-refractivity contribution < 1.29 is 28.6 Å². The molecule has 0 aromatic rings. The molecule has 452 valence electrons. The Morgan fingerprint density at radius 1 is 0.269 bits per heavy atom. The van der Waals surface area contributed by atoms with Gasteiger partial charge in [0.15, 0.2) is 6.10 Å². The molecule has 0 amide bonds. The van der Waals surface area contributed by atoms with Crippen LogP contribution >= 0.6 is 0 Å². The number of esters is 3. The van der Waals surface area contributed by atoms with Crippen LogP contribution in [-0.4, -0.2) is 37.2 Å². The van der Waals surface area contributed by atoms with E-state index < -0.39 is 6.10 Å². The molecule has 0 spiro atoms. The average molecular weight is 1090 g/mol. The molecule has 1 unspecified atom stereocenters. The molecule has 0 fully saturated rings. The van der Waals surface area contributed by atoms with Gasteiger partial charge in [-0.25, -0.2) is 0 Å². The van der Waals surface area contributed by atoms with E-state index in [2.05, 4.69) is 93.7 Å². The molecule has 0 saturated heterocycles. The van der Waals surface area contributed by atoms with Gasteiger partial charge in [0.2, 0.25) is 0 Å². The molecule has 0 heterocycles. The molecule has 0 aliphatic carbocycles. The van der Waals surface area contributed by atoms with E-state index in [-0.39, 0.29) is 31.1 Å². The lowest BCUT2D eigenvalue weighted by atomic mass is 10.0. The third kappa shape index (κ3) is 63.7. The summed E-state index contributed by atoms with van der Waals surface area (Å²) in [5.41, 5.74) is 0. The smallest absolute Gasteiger partial charge is 0.306 e. The summed E-state index contributed by atoms with van der Waals surface area (Å²) >= 11 is 0. The summed E-state index contributed by atoms with van der Waals surface area (Å²) in [6.45, 7) is 6.58. The van der Waals surface area contributed by atoms with Crippen molar-refractivity contribution in [3.63, 3.8) is 0 Å². The maximum Gasteiger partial charge on any atom is 0.306 e. The number of rotatable bonds is 62. The highest BCUT2D eigenvalue weighted by molar-refractivity contribution is 5.71. The Labute approximate surface area is 484 Å². The molecule has 0 rings (SSSR count). The largest absolute Gasteiger partial charge is 0.462 e. The lowest BCUT2D eigenvalue weighted by molar-refractivity contribution is -0.167. The lowest BCUT2D eigenvalue weighted by Gasteiger charge is -2.18. The average Bonchev–Trinajstić information content (AvgIpc) is 3.44. The molecule has 0 aromatic carbocycles. The summed E-state index contributed by atoms with van der Waals surface area (Å²) < 4.78 is 17.0. The van der Waals surface area contributed by atoms with Gasteiger partial charge in [-0.3, -0.25) is 14.4 Å². The van der Waals surface area contributed by atoms with Crippen molar-refractivity contribution in [3.8, 4) is 0 Å². The minimum absolute atomic E-state index is 0.0691. The number of ether oxygens (including phenoxy) is 3. The molecule has 0 aliphatic heterocycles. The fourth-order valence-electron chi connectivity index (χ4n) is 9.92. The van der Waals surface area contributed by atoms with E-state index in [9.17, 15) is 14.4 Å². The maximum absolute atomic E-state index is 12.9. The van der Waals surface area contributed by atoms with Crippen molar-refractivity contribution in [2.75, 3.05) is 13.2 Å². The topological polar surface area (TPSA) is 78.9 Å². The Kier molecular flexibility index (Phi) is 63.7. The Morgan fingerprint density at radius 2 is 0.500 bits per heavy atom. The molecule has 1 atom stereocenters. The van der Waals surface area contributed by atoms with Gasteiger partial charge in [-0.15, -0.1) is 0 Å².